The number of nitrogens with zero attached hydrogens (tertiary/aromatic N) is 2. The summed E-state index contributed by atoms with van der Waals surface area (Å²) in [6.45, 7) is 2.08. The summed E-state index contributed by atoms with van der Waals surface area (Å²) in [6, 6.07) is 11.7. The monoisotopic (exact) mass is 310 g/mol. The number of benzene rings is 1. The summed E-state index contributed by atoms with van der Waals surface area (Å²) >= 11 is 0. The van der Waals surface area contributed by atoms with Crippen LogP contribution in [0.3, 0.4) is 0 Å². The van der Waals surface area contributed by atoms with E-state index in [0.29, 0.717) is 12.2 Å². The van der Waals surface area contributed by atoms with E-state index in [9.17, 15) is 14.9 Å². The minimum Gasteiger partial charge on any atom is -0.462 e. The molecule has 0 aliphatic heterocycles. The van der Waals surface area contributed by atoms with Gasteiger partial charge in [-0.3, -0.25) is 10.1 Å². The molecule has 0 N–H and O–H groups in total. The minimum atomic E-state index is -0.432. The van der Waals surface area contributed by atoms with Crippen LogP contribution in [0.2, 0.25) is 0 Å². The van der Waals surface area contributed by atoms with Crippen molar-refractivity contribution < 1.29 is 14.5 Å². The first-order valence-electron chi connectivity index (χ1n) is 7.13. The van der Waals surface area contributed by atoms with Crippen LogP contribution < -0.4 is 0 Å². The smallest absolute Gasteiger partial charge is 0.340 e. The first-order valence-corrected chi connectivity index (χ1v) is 7.13. The van der Waals surface area contributed by atoms with Gasteiger partial charge in [0.25, 0.3) is 5.69 Å². The van der Waals surface area contributed by atoms with Crippen LogP contribution in [-0.4, -0.2) is 21.9 Å². The van der Waals surface area contributed by atoms with E-state index in [0.717, 1.165) is 16.6 Å². The number of esters is 1. The highest BCUT2D eigenvalue weighted by molar-refractivity contribution is 5.98. The van der Waals surface area contributed by atoms with Crippen molar-refractivity contribution >= 4 is 17.2 Å². The number of fused-ring (bicyclic) bond motifs is 1. The SMILES string of the molecule is CCOC(=O)c1cccn2cc(-c3ccc([N+](=O)[O-])cc3)cc12. The van der Waals surface area contributed by atoms with Crippen molar-refractivity contribution in [3.8, 4) is 11.1 Å². The van der Waals surface area contributed by atoms with Gasteiger partial charge in [-0.15, -0.1) is 0 Å². The van der Waals surface area contributed by atoms with E-state index < -0.39 is 4.92 Å². The predicted molar refractivity (Wildman–Crippen MR) is 85.4 cm³/mol. The summed E-state index contributed by atoms with van der Waals surface area (Å²) in [5, 5.41) is 10.7. The van der Waals surface area contributed by atoms with Crippen LogP contribution in [0.25, 0.3) is 16.6 Å². The molecule has 2 aromatic heterocycles. The molecule has 0 aliphatic rings. The highest BCUT2D eigenvalue weighted by atomic mass is 16.6. The van der Waals surface area contributed by atoms with E-state index in [1.807, 2.05) is 22.9 Å². The zero-order valence-corrected chi connectivity index (χ0v) is 12.4. The van der Waals surface area contributed by atoms with Crippen LogP contribution in [0.15, 0.2) is 54.9 Å². The van der Waals surface area contributed by atoms with Crippen molar-refractivity contribution in [3.05, 3.63) is 70.5 Å². The molecule has 1 aromatic carbocycles. The number of hydrogen-bond donors (Lipinski definition) is 0. The number of rotatable bonds is 4. The zero-order chi connectivity index (χ0) is 16.4. The Balaban J connectivity index is 2.04. The van der Waals surface area contributed by atoms with Gasteiger partial charge in [-0.1, -0.05) is 0 Å². The summed E-state index contributed by atoms with van der Waals surface area (Å²) in [5.41, 5.74) is 2.98. The lowest BCUT2D eigenvalue weighted by Gasteiger charge is -2.03. The number of nitro benzene ring substituents is 1. The average molecular weight is 310 g/mol. The topological polar surface area (TPSA) is 73.8 Å². The molecule has 0 aliphatic carbocycles. The number of ether oxygens (including phenoxy) is 1. The fourth-order valence-corrected chi connectivity index (χ4v) is 2.45. The first-order chi connectivity index (χ1) is 11.1. The lowest BCUT2D eigenvalue weighted by molar-refractivity contribution is -0.384. The Kier molecular flexibility index (Phi) is 3.80. The molecule has 3 aromatic rings. The summed E-state index contributed by atoms with van der Waals surface area (Å²) in [5.74, 6) is -0.369. The van der Waals surface area contributed by atoms with Gasteiger partial charge in [0.2, 0.25) is 0 Å². The lowest BCUT2D eigenvalue weighted by Crippen LogP contribution is -2.05. The molecular weight excluding hydrogens is 296 g/mol. The van der Waals surface area contributed by atoms with E-state index >= 15 is 0 Å². The standard InChI is InChI=1S/C17H14N2O4/c1-2-23-17(20)15-4-3-9-18-11-13(10-16(15)18)12-5-7-14(8-6-12)19(21)22/h3-11H,2H2,1H3. The lowest BCUT2D eigenvalue weighted by atomic mass is 10.1. The Hall–Kier alpha value is -3.15. The molecule has 2 heterocycles. The molecule has 0 spiro atoms. The highest BCUT2D eigenvalue weighted by Gasteiger charge is 2.13. The average Bonchev–Trinajstić information content (AvgIpc) is 2.99. The van der Waals surface area contributed by atoms with Crippen LogP contribution >= 0.6 is 0 Å². The Labute approximate surface area is 132 Å². The second-order valence-electron chi connectivity index (χ2n) is 4.97. The number of nitro groups is 1. The third kappa shape index (κ3) is 2.78. The Morgan fingerprint density at radius 1 is 1.22 bits per heavy atom. The van der Waals surface area contributed by atoms with Gasteiger partial charge < -0.3 is 9.14 Å². The van der Waals surface area contributed by atoms with Crippen LogP contribution in [0.5, 0.6) is 0 Å². The van der Waals surface area contributed by atoms with Crippen LogP contribution in [0.4, 0.5) is 5.69 Å². The van der Waals surface area contributed by atoms with Gasteiger partial charge >= 0.3 is 5.97 Å². The van der Waals surface area contributed by atoms with Crippen molar-refractivity contribution in [1.29, 1.82) is 0 Å². The van der Waals surface area contributed by atoms with Gasteiger partial charge in [-0.2, -0.15) is 0 Å². The second kappa shape index (κ2) is 5.92. The van der Waals surface area contributed by atoms with Gasteiger partial charge in [0, 0.05) is 30.1 Å². The molecular formula is C17H14N2O4. The summed E-state index contributed by atoms with van der Waals surface area (Å²) < 4.78 is 6.90. The van der Waals surface area contributed by atoms with Crippen molar-refractivity contribution in [3.63, 3.8) is 0 Å². The van der Waals surface area contributed by atoms with Crippen LogP contribution in [0, 0.1) is 10.1 Å². The second-order valence-corrected chi connectivity index (χ2v) is 4.97. The van der Waals surface area contributed by atoms with Crippen LogP contribution in [-0.2, 0) is 4.74 Å². The van der Waals surface area contributed by atoms with Crippen molar-refractivity contribution in [2.45, 2.75) is 6.92 Å². The zero-order valence-electron chi connectivity index (χ0n) is 12.4. The van der Waals surface area contributed by atoms with E-state index in [1.165, 1.54) is 12.1 Å². The number of aromatic nitrogens is 1. The Morgan fingerprint density at radius 3 is 2.61 bits per heavy atom. The third-order valence-electron chi connectivity index (χ3n) is 3.54. The number of non-ortho nitro benzene ring substituents is 1. The van der Waals surface area contributed by atoms with Crippen molar-refractivity contribution in [1.82, 2.24) is 4.40 Å². The maximum Gasteiger partial charge on any atom is 0.340 e. The normalized spacial score (nSPS) is 10.7. The van der Waals surface area contributed by atoms with Gasteiger partial charge in [0.05, 0.1) is 22.6 Å². The molecule has 0 bridgehead atoms. The van der Waals surface area contributed by atoms with Gasteiger partial charge in [0.15, 0.2) is 0 Å². The number of carbonyl (C=O) groups is 1. The number of pyridine rings is 1. The van der Waals surface area contributed by atoms with Gasteiger partial charge in [0.1, 0.15) is 0 Å². The van der Waals surface area contributed by atoms with Crippen molar-refractivity contribution in [2.75, 3.05) is 6.61 Å². The van der Waals surface area contributed by atoms with E-state index in [2.05, 4.69) is 0 Å². The fraction of sp³-hybridized carbons (Fsp3) is 0.118. The molecule has 0 saturated carbocycles. The molecule has 3 rings (SSSR count). The molecule has 0 saturated heterocycles. The van der Waals surface area contributed by atoms with E-state index in [4.69, 9.17) is 4.74 Å². The van der Waals surface area contributed by atoms with Crippen LogP contribution in [0.1, 0.15) is 17.3 Å². The van der Waals surface area contributed by atoms with Gasteiger partial charge in [-0.05, 0) is 42.8 Å². The van der Waals surface area contributed by atoms with Crippen molar-refractivity contribution in [2.24, 2.45) is 0 Å². The first kappa shape index (κ1) is 14.8. The molecule has 0 amide bonds. The maximum absolute atomic E-state index is 12.0. The van der Waals surface area contributed by atoms with E-state index in [1.54, 1.807) is 31.2 Å². The van der Waals surface area contributed by atoms with Gasteiger partial charge in [-0.25, -0.2) is 4.79 Å². The molecule has 6 nitrogen and oxygen atoms in total. The molecule has 0 radical (unpaired) electrons. The fourth-order valence-electron chi connectivity index (χ4n) is 2.45. The number of carbonyl (C=O) groups excluding carboxylic acids is 1. The quantitative estimate of drug-likeness (QED) is 0.418. The molecule has 23 heavy (non-hydrogen) atoms. The molecule has 116 valence electrons. The van der Waals surface area contributed by atoms with E-state index in [-0.39, 0.29) is 11.7 Å². The number of hydrogen-bond acceptors (Lipinski definition) is 4. The maximum atomic E-state index is 12.0. The minimum absolute atomic E-state index is 0.0460. The largest absolute Gasteiger partial charge is 0.462 e. The molecule has 6 heteroatoms. The Bertz CT molecular complexity index is 881. The molecule has 0 fully saturated rings. The third-order valence-corrected chi connectivity index (χ3v) is 3.54. The summed E-state index contributed by atoms with van der Waals surface area (Å²) in [6.07, 6.45) is 3.71. The highest BCUT2D eigenvalue weighted by Crippen LogP contribution is 2.26. The summed E-state index contributed by atoms with van der Waals surface area (Å²) in [4.78, 5) is 22.3. The molecule has 0 unspecified atom stereocenters. The summed E-state index contributed by atoms with van der Waals surface area (Å²) in [7, 11) is 0. The Morgan fingerprint density at radius 2 is 1.96 bits per heavy atom. The molecule has 0 atom stereocenters. The predicted octanol–water partition coefficient (Wildman–Crippen LogP) is 3.69.